The lowest BCUT2D eigenvalue weighted by Crippen LogP contribution is -2.38. The zero-order chi connectivity index (χ0) is 19.9. The molecule has 28 heavy (non-hydrogen) atoms. The van der Waals surface area contributed by atoms with E-state index in [-0.39, 0.29) is 18.6 Å². The third kappa shape index (κ3) is 4.61. The minimum atomic E-state index is -0.137. The average Bonchev–Trinajstić information content (AvgIpc) is 2.73. The Hall–Kier alpha value is -3.07. The van der Waals surface area contributed by atoms with Gasteiger partial charge in [-0.2, -0.15) is 0 Å². The molecule has 0 aliphatic rings. The number of carbonyl (C=O) groups is 1. The number of likely N-dealkylation sites (N-methyl/N-ethyl adjacent to an activating group) is 1. The second-order valence-electron chi connectivity index (χ2n) is 6.96. The highest BCUT2D eigenvalue weighted by Crippen LogP contribution is 2.29. The Kier molecular flexibility index (Phi) is 6.49. The Morgan fingerprint density at radius 3 is 2.00 bits per heavy atom. The SMILES string of the molecule is CCN(C(=O)COc1cc(C)ccc1C)C(c1ccccc1)c1ccccc1. The molecular weight excluding hydrogens is 346 g/mol. The molecule has 0 fully saturated rings. The Morgan fingerprint density at radius 2 is 1.46 bits per heavy atom. The van der Waals surface area contributed by atoms with E-state index in [1.165, 1.54) is 0 Å². The van der Waals surface area contributed by atoms with Crippen LogP contribution in [0.1, 0.15) is 35.2 Å². The number of nitrogens with zero attached hydrogens (tertiary/aromatic N) is 1. The lowest BCUT2D eigenvalue weighted by molar-refractivity contribution is -0.134. The summed E-state index contributed by atoms with van der Waals surface area (Å²) >= 11 is 0. The average molecular weight is 373 g/mol. The predicted octanol–water partition coefficient (Wildman–Crippen LogP) is 5.32. The van der Waals surface area contributed by atoms with Crippen LogP contribution in [0.3, 0.4) is 0 Å². The predicted molar refractivity (Wildman–Crippen MR) is 114 cm³/mol. The Labute approximate surface area is 167 Å². The Morgan fingerprint density at radius 1 is 0.893 bits per heavy atom. The van der Waals surface area contributed by atoms with E-state index in [1.54, 1.807) is 0 Å². The maximum Gasteiger partial charge on any atom is 0.261 e. The number of aryl methyl sites for hydroxylation is 2. The first-order valence-corrected chi connectivity index (χ1v) is 9.69. The van der Waals surface area contributed by atoms with Gasteiger partial charge < -0.3 is 9.64 Å². The summed E-state index contributed by atoms with van der Waals surface area (Å²) < 4.78 is 5.89. The molecule has 0 radical (unpaired) electrons. The smallest absolute Gasteiger partial charge is 0.261 e. The molecule has 0 heterocycles. The molecule has 3 rings (SSSR count). The third-order valence-electron chi connectivity index (χ3n) is 4.90. The van der Waals surface area contributed by atoms with Gasteiger partial charge in [0, 0.05) is 6.54 Å². The highest BCUT2D eigenvalue weighted by Gasteiger charge is 2.25. The molecule has 0 N–H and O–H groups in total. The van der Waals surface area contributed by atoms with Gasteiger partial charge in [-0.25, -0.2) is 0 Å². The second-order valence-corrected chi connectivity index (χ2v) is 6.96. The summed E-state index contributed by atoms with van der Waals surface area (Å²) in [5.74, 6) is 0.737. The zero-order valence-corrected chi connectivity index (χ0v) is 16.8. The van der Waals surface area contributed by atoms with Gasteiger partial charge >= 0.3 is 0 Å². The van der Waals surface area contributed by atoms with Crippen LogP contribution in [0.4, 0.5) is 0 Å². The van der Waals surface area contributed by atoms with Crippen LogP contribution in [0.25, 0.3) is 0 Å². The van der Waals surface area contributed by atoms with Gasteiger partial charge in [-0.1, -0.05) is 72.8 Å². The van der Waals surface area contributed by atoms with Crippen molar-refractivity contribution < 1.29 is 9.53 Å². The van der Waals surface area contributed by atoms with Crippen LogP contribution in [0.5, 0.6) is 5.75 Å². The topological polar surface area (TPSA) is 29.5 Å². The van der Waals surface area contributed by atoms with Crippen molar-refractivity contribution in [3.63, 3.8) is 0 Å². The zero-order valence-electron chi connectivity index (χ0n) is 16.8. The number of hydrogen-bond donors (Lipinski definition) is 0. The van der Waals surface area contributed by atoms with Crippen LogP contribution >= 0.6 is 0 Å². The fraction of sp³-hybridized carbons (Fsp3) is 0.240. The van der Waals surface area contributed by atoms with Crippen LogP contribution < -0.4 is 4.74 Å². The van der Waals surface area contributed by atoms with E-state index in [0.29, 0.717) is 6.54 Å². The molecule has 0 atom stereocenters. The maximum absolute atomic E-state index is 13.1. The molecule has 3 aromatic rings. The first-order valence-electron chi connectivity index (χ1n) is 9.69. The normalized spacial score (nSPS) is 10.7. The van der Waals surface area contributed by atoms with Crippen molar-refractivity contribution in [2.45, 2.75) is 26.8 Å². The van der Waals surface area contributed by atoms with E-state index in [0.717, 1.165) is 28.0 Å². The molecule has 1 amide bonds. The summed E-state index contributed by atoms with van der Waals surface area (Å²) in [6.45, 7) is 6.65. The molecular formula is C25H27NO2. The van der Waals surface area contributed by atoms with Gasteiger partial charge in [0.2, 0.25) is 0 Å². The van der Waals surface area contributed by atoms with E-state index in [1.807, 2.05) is 80.3 Å². The third-order valence-corrected chi connectivity index (χ3v) is 4.90. The Balaban J connectivity index is 1.85. The van der Waals surface area contributed by atoms with Crippen LogP contribution in [0, 0.1) is 13.8 Å². The van der Waals surface area contributed by atoms with Gasteiger partial charge in [-0.15, -0.1) is 0 Å². The maximum atomic E-state index is 13.1. The summed E-state index contributed by atoms with van der Waals surface area (Å²) in [6.07, 6.45) is 0. The summed E-state index contributed by atoms with van der Waals surface area (Å²) in [7, 11) is 0. The van der Waals surface area contributed by atoms with Crippen LogP contribution in [0.2, 0.25) is 0 Å². The lowest BCUT2D eigenvalue weighted by atomic mass is 9.97. The van der Waals surface area contributed by atoms with Gasteiger partial charge in [0.05, 0.1) is 6.04 Å². The molecule has 144 valence electrons. The minimum Gasteiger partial charge on any atom is -0.483 e. The Bertz CT molecular complexity index is 867. The van der Waals surface area contributed by atoms with Crippen LogP contribution in [-0.2, 0) is 4.79 Å². The first kappa shape index (κ1) is 19.7. The minimum absolute atomic E-state index is 0.0221. The number of carbonyl (C=O) groups excluding carboxylic acids is 1. The van der Waals surface area contributed by atoms with Gasteiger partial charge in [-0.05, 0) is 49.1 Å². The molecule has 0 saturated carbocycles. The van der Waals surface area contributed by atoms with Gasteiger partial charge in [0.25, 0.3) is 5.91 Å². The summed E-state index contributed by atoms with van der Waals surface area (Å²) in [5, 5.41) is 0. The van der Waals surface area contributed by atoms with Crippen molar-refractivity contribution in [1.82, 2.24) is 4.90 Å². The van der Waals surface area contributed by atoms with Crippen molar-refractivity contribution in [1.29, 1.82) is 0 Å². The van der Waals surface area contributed by atoms with Crippen molar-refractivity contribution in [2.24, 2.45) is 0 Å². The highest BCUT2D eigenvalue weighted by atomic mass is 16.5. The number of benzene rings is 3. The molecule has 0 aromatic heterocycles. The van der Waals surface area contributed by atoms with Gasteiger partial charge in [-0.3, -0.25) is 4.79 Å². The second kappa shape index (κ2) is 9.23. The standard InChI is InChI=1S/C25H27NO2/c1-4-26(24(27)18-28-23-17-19(2)15-16-20(23)3)25(21-11-7-5-8-12-21)22-13-9-6-10-14-22/h5-17,25H,4,18H2,1-3H3. The number of amides is 1. The number of hydrogen-bond acceptors (Lipinski definition) is 2. The fourth-order valence-corrected chi connectivity index (χ4v) is 3.41. The van der Waals surface area contributed by atoms with Gasteiger partial charge in [0.1, 0.15) is 5.75 Å². The molecule has 0 aliphatic heterocycles. The molecule has 0 aliphatic carbocycles. The fourth-order valence-electron chi connectivity index (χ4n) is 3.41. The molecule has 3 heteroatoms. The first-order chi connectivity index (χ1) is 13.6. The highest BCUT2D eigenvalue weighted by molar-refractivity contribution is 5.79. The summed E-state index contributed by atoms with van der Waals surface area (Å²) in [5.41, 5.74) is 4.34. The van der Waals surface area contributed by atoms with E-state index < -0.39 is 0 Å². The summed E-state index contributed by atoms with van der Waals surface area (Å²) in [6, 6.07) is 26.2. The van der Waals surface area contributed by atoms with E-state index in [4.69, 9.17) is 4.74 Å². The van der Waals surface area contributed by atoms with E-state index >= 15 is 0 Å². The van der Waals surface area contributed by atoms with Crippen LogP contribution in [0.15, 0.2) is 78.9 Å². The molecule has 3 nitrogen and oxygen atoms in total. The van der Waals surface area contributed by atoms with E-state index in [9.17, 15) is 4.79 Å². The van der Waals surface area contributed by atoms with Crippen molar-refractivity contribution in [3.05, 3.63) is 101 Å². The quantitative estimate of drug-likeness (QED) is 0.561. The summed E-state index contributed by atoms with van der Waals surface area (Å²) in [4.78, 5) is 15.0. The number of rotatable bonds is 7. The lowest BCUT2D eigenvalue weighted by Gasteiger charge is -2.32. The molecule has 3 aromatic carbocycles. The van der Waals surface area contributed by atoms with Crippen LogP contribution in [-0.4, -0.2) is 24.0 Å². The molecule has 0 spiro atoms. The molecule has 0 bridgehead atoms. The van der Waals surface area contributed by atoms with E-state index in [2.05, 4.69) is 24.3 Å². The monoisotopic (exact) mass is 373 g/mol. The number of ether oxygens (including phenoxy) is 1. The molecule has 0 saturated heterocycles. The largest absolute Gasteiger partial charge is 0.483 e. The van der Waals surface area contributed by atoms with Crippen molar-refractivity contribution in [2.75, 3.05) is 13.2 Å². The van der Waals surface area contributed by atoms with Crippen molar-refractivity contribution >= 4 is 5.91 Å². The van der Waals surface area contributed by atoms with Crippen molar-refractivity contribution in [3.8, 4) is 5.75 Å². The molecule has 0 unspecified atom stereocenters. The van der Waals surface area contributed by atoms with Gasteiger partial charge in [0.15, 0.2) is 6.61 Å².